The number of hydrogen-bond acceptors (Lipinski definition) is 6. The van der Waals surface area contributed by atoms with Crippen LogP contribution in [0.1, 0.15) is 44.5 Å². The third-order valence-corrected chi connectivity index (χ3v) is 29.1. The van der Waals surface area contributed by atoms with E-state index in [1.165, 1.54) is 66.8 Å². The molecule has 0 aliphatic heterocycles. The van der Waals surface area contributed by atoms with E-state index < -0.39 is 0 Å². The van der Waals surface area contributed by atoms with Gasteiger partial charge in [0, 0.05) is 80.4 Å². The maximum Gasteiger partial charge on any atom is 0.116 e. The van der Waals surface area contributed by atoms with Crippen LogP contribution in [0.5, 0.6) is 0 Å². The summed E-state index contributed by atoms with van der Waals surface area (Å²) in [6.07, 6.45) is 9.80. The van der Waals surface area contributed by atoms with E-state index in [9.17, 15) is 0 Å². The number of hydrogen-bond donors (Lipinski definition) is 0. The van der Waals surface area contributed by atoms with Crippen LogP contribution in [0.4, 0.5) is 0 Å². The van der Waals surface area contributed by atoms with Gasteiger partial charge < -0.3 is 0 Å². The first-order chi connectivity index (χ1) is 71.6. The number of benzene rings is 18. The number of nitrogens with zero attached hydrogens (tertiary/aromatic N) is 6. The van der Waals surface area contributed by atoms with Crippen LogP contribution < -0.4 is 0 Å². The molecular formula is C140H104N6. The molecule has 694 valence electrons. The summed E-state index contributed by atoms with van der Waals surface area (Å²) in [5, 5.41) is 0. The largest absolute Gasteiger partial charge is 0.256 e. The summed E-state index contributed by atoms with van der Waals surface area (Å²) >= 11 is 0. The van der Waals surface area contributed by atoms with Gasteiger partial charge in [-0.1, -0.05) is 388 Å². The van der Waals surface area contributed by atoms with Crippen molar-refractivity contribution in [1.82, 2.24) is 29.9 Å². The molecule has 5 heterocycles. The zero-order valence-electron chi connectivity index (χ0n) is 82.9. The lowest BCUT2D eigenvalue weighted by Gasteiger charge is -2.18. The van der Waals surface area contributed by atoms with Gasteiger partial charge in [-0.15, -0.1) is 0 Å². The zero-order valence-corrected chi connectivity index (χ0v) is 82.9. The van der Waals surface area contributed by atoms with Gasteiger partial charge in [-0.05, 0) is 322 Å². The van der Waals surface area contributed by atoms with Crippen molar-refractivity contribution in [3.63, 3.8) is 0 Å². The average Bonchev–Trinajstić information content (AvgIpc) is 0.760. The Hall–Kier alpha value is -18.4. The first-order valence-corrected chi connectivity index (χ1v) is 50.1. The maximum atomic E-state index is 5.05. The minimum absolute atomic E-state index is 0.828. The summed E-state index contributed by atoms with van der Waals surface area (Å²) in [5.41, 5.74) is 57.5. The van der Waals surface area contributed by atoms with E-state index in [0.717, 1.165) is 223 Å². The van der Waals surface area contributed by atoms with Crippen molar-refractivity contribution in [2.45, 2.75) is 55.4 Å². The topological polar surface area (TPSA) is 77.3 Å². The van der Waals surface area contributed by atoms with Crippen LogP contribution in [0.2, 0.25) is 0 Å². The summed E-state index contributed by atoms with van der Waals surface area (Å²) in [7, 11) is 0. The van der Waals surface area contributed by atoms with Gasteiger partial charge in [-0.2, -0.15) is 0 Å². The highest BCUT2D eigenvalue weighted by Crippen LogP contribution is 2.48. The van der Waals surface area contributed by atoms with Gasteiger partial charge in [-0.25, -0.2) is 9.97 Å². The van der Waals surface area contributed by atoms with Crippen LogP contribution in [-0.2, 0) is 0 Å². The zero-order chi connectivity index (χ0) is 98.8. The average molecular weight is 1870 g/mol. The molecule has 146 heavy (non-hydrogen) atoms. The van der Waals surface area contributed by atoms with Crippen molar-refractivity contribution >= 4 is 0 Å². The molecule has 0 aliphatic carbocycles. The number of rotatable bonds is 22. The summed E-state index contributed by atoms with van der Waals surface area (Å²) in [6.45, 7) is 17.4. The Balaban J connectivity index is 0.560. The van der Waals surface area contributed by atoms with E-state index in [2.05, 4.69) is 510 Å². The molecule has 0 radical (unpaired) electrons. The highest BCUT2D eigenvalue weighted by molar-refractivity contribution is 5.99. The fraction of sp³-hybridized carbons (Fsp3) is 0.0571. The molecule has 0 aliphatic rings. The third kappa shape index (κ3) is 18.4. The van der Waals surface area contributed by atoms with Crippen LogP contribution in [-0.4, -0.2) is 29.9 Å². The number of pyridine rings is 4. The lowest BCUT2D eigenvalue weighted by atomic mass is 9.86. The maximum absolute atomic E-state index is 5.05. The Morgan fingerprint density at radius 1 is 0.103 bits per heavy atom. The van der Waals surface area contributed by atoms with Crippen LogP contribution >= 0.6 is 0 Å². The molecule has 5 aromatic heterocycles. The Morgan fingerprint density at radius 3 is 0.397 bits per heavy atom. The van der Waals surface area contributed by atoms with Crippen molar-refractivity contribution < 1.29 is 0 Å². The van der Waals surface area contributed by atoms with Crippen LogP contribution in [0.15, 0.2) is 486 Å². The molecule has 6 nitrogen and oxygen atoms in total. The quantitative estimate of drug-likeness (QED) is 0.0673. The minimum Gasteiger partial charge on any atom is -0.256 e. The molecule has 0 fully saturated rings. The lowest BCUT2D eigenvalue weighted by Crippen LogP contribution is -1.93. The Labute approximate surface area is 855 Å². The van der Waals surface area contributed by atoms with Crippen molar-refractivity contribution in [2.24, 2.45) is 0 Å². The molecule has 23 aromatic rings. The molecule has 0 saturated carbocycles. The summed E-state index contributed by atoms with van der Waals surface area (Å²) < 4.78 is 0. The van der Waals surface area contributed by atoms with Crippen molar-refractivity contribution in [3.8, 4) is 246 Å². The highest BCUT2D eigenvalue weighted by atomic mass is 14.8. The summed E-state index contributed by atoms with van der Waals surface area (Å²) in [5.74, 6) is 0. The first-order valence-electron chi connectivity index (χ1n) is 50.1. The summed E-state index contributed by atoms with van der Waals surface area (Å²) in [4.78, 5) is 30.1. The lowest BCUT2D eigenvalue weighted by molar-refractivity contribution is 1.18. The van der Waals surface area contributed by atoms with Crippen molar-refractivity contribution in [2.75, 3.05) is 0 Å². The molecule has 0 unspecified atom stereocenters. The number of aromatic nitrogens is 6. The first kappa shape index (κ1) is 91.4. The second-order valence-electron chi connectivity index (χ2n) is 38.4. The van der Waals surface area contributed by atoms with Crippen LogP contribution in [0, 0.1) is 55.4 Å². The standard InChI is InChI=1S/C140H104N6/c1-89-29-9-13-33-115(89)131-84-141-135(73-93(131)5)103-61-49-97(50-62-103)119-37-17-23-43-125(119)109-77-110(126-44-24-18-38-120(126)98-51-63-104(64-52-98)136-74-94(6)132(85-142-136)116-34-14-10-30-90(116)2)80-113(79-109)129-47-27-21-41-123(129)101-57-69-107(70-58-101)139-83-140(146-88-145-139)108-71-59-102(60-72-108)124-42-22-28-48-130(124)114-81-111(127-45-25-19-39-121(127)99-53-65-105(66-54-99)137-75-95(7)133(86-143-137)117-35-15-11-31-91(117)3)78-112(82-114)128-46-26-20-40-122(128)100-55-67-106(68-56-100)138-76-96(8)134(87-144-138)118-36-16-12-32-92(118)4/h9-88H,1-8H3. The third-order valence-electron chi connectivity index (χ3n) is 29.1. The second kappa shape index (κ2) is 40.0. The van der Waals surface area contributed by atoms with E-state index >= 15 is 0 Å². The smallest absolute Gasteiger partial charge is 0.116 e. The highest BCUT2D eigenvalue weighted by Gasteiger charge is 2.24. The monoisotopic (exact) mass is 1870 g/mol. The fourth-order valence-corrected chi connectivity index (χ4v) is 21.2. The molecule has 0 atom stereocenters. The van der Waals surface area contributed by atoms with Gasteiger partial charge in [0.2, 0.25) is 0 Å². The Bertz CT molecular complexity index is 7980. The normalized spacial score (nSPS) is 11.3. The Kier molecular flexibility index (Phi) is 25.0. The predicted molar refractivity (Wildman–Crippen MR) is 611 cm³/mol. The second-order valence-corrected chi connectivity index (χ2v) is 38.4. The van der Waals surface area contributed by atoms with Crippen LogP contribution in [0.3, 0.4) is 0 Å². The van der Waals surface area contributed by atoms with Gasteiger partial charge in [-0.3, -0.25) is 19.9 Å². The predicted octanol–water partition coefficient (Wildman–Crippen LogP) is 37.2. The molecule has 0 saturated heterocycles. The van der Waals surface area contributed by atoms with E-state index in [1.807, 2.05) is 24.8 Å². The van der Waals surface area contributed by atoms with Crippen molar-refractivity contribution in [1.29, 1.82) is 0 Å². The fourth-order valence-electron chi connectivity index (χ4n) is 21.2. The molecule has 23 rings (SSSR count). The minimum atomic E-state index is 0.828. The molecule has 0 bridgehead atoms. The molecule has 0 spiro atoms. The van der Waals surface area contributed by atoms with E-state index in [0.29, 0.717) is 0 Å². The van der Waals surface area contributed by atoms with Gasteiger partial charge in [0.25, 0.3) is 0 Å². The van der Waals surface area contributed by atoms with Crippen LogP contribution in [0.25, 0.3) is 246 Å². The van der Waals surface area contributed by atoms with Gasteiger partial charge >= 0.3 is 0 Å². The Morgan fingerprint density at radius 2 is 0.240 bits per heavy atom. The number of aryl methyl sites for hydroxylation is 8. The van der Waals surface area contributed by atoms with E-state index in [1.54, 1.807) is 6.33 Å². The molecule has 0 N–H and O–H groups in total. The molecular weight excluding hydrogens is 1770 g/mol. The summed E-state index contributed by atoms with van der Waals surface area (Å²) in [6, 6.07) is 166. The van der Waals surface area contributed by atoms with E-state index in [-0.39, 0.29) is 0 Å². The SMILES string of the molecule is Cc1ccccc1-c1cnc(-c2ccc(-c3ccccc3-c3cc(-c4ccccc4-c4ccc(-c5cc(-c6ccc(-c7ccccc7-c7cc(-c8ccccc8-c8ccc(-c9cc(C)c(-c%10ccccc%10C)cn9)cc8)cc(-c8ccccc8-c8ccc(-c9cc(C)c(-c%10ccccc%10C)cn9)cc8)c7)cc6)ncn5)cc4)cc(-c4ccccc4-c4ccc(-c5cc(C)c(-c6ccccc6C)cn5)cc4)c3)cc2)cc1C. The van der Waals surface area contributed by atoms with E-state index in [4.69, 9.17) is 29.9 Å². The molecule has 0 amide bonds. The van der Waals surface area contributed by atoms with Crippen molar-refractivity contribution in [3.05, 3.63) is 531 Å². The van der Waals surface area contributed by atoms with Gasteiger partial charge in [0.1, 0.15) is 6.33 Å². The van der Waals surface area contributed by atoms with Gasteiger partial charge in [0.15, 0.2) is 0 Å². The van der Waals surface area contributed by atoms with Gasteiger partial charge in [0.05, 0.1) is 34.2 Å². The molecule has 18 aromatic carbocycles. The molecule has 6 heteroatoms.